The number of rotatable bonds is 5. The molecular formula is C16H21BrN2O3. The second-order valence-electron chi connectivity index (χ2n) is 5.83. The van der Waals surface area contributed by atoms with E-state index in [1.807, 2.05) is 29.3 Å². The Labute approximate surface area is 139 Å². The summed E-state index contributed by atoms with van der Waals surface area (Å²) in [6.45, 7) is 3.23. The number of carbonyl (C=O) groups excluding carboxylic acids is 1. The van der Waals surface area contributed by atoms with Crippen molar-refractivity contribution in [1.82, 2.24) is 10.0 Å². The zero-order valence-electron chi connectivity index (χ0n) is 12.9. The summed E-state index contributed by atoms with van der Waals surface area (Å²) in [7, 11) is 1.57. The third-order valence-electron chi connectivity index (χ3n) is 4.39. The third-order valence-corrected chi connectivity index (χ3v) is 4.92. The lowest BCUT2D eigenvalue weighted by atomic mass is 9.92. The van der Waals surface area contributed by atoms with Crippen molar-refractivity contribution in [3.05, 3.63) is 34.3 Å². The maximum atomic E-state index is 12.5. The summed E-state index contributed by atoms with van der Waals surface area (Å²) in [6.07, 6.45) is 1.79. The Bertz CT molecular complexity index is 537. The van der Waals surface area contributed by atoms with Gasteiger partial charge in [-0.05, 0) is 37.5 Å². The van der Waals surface area contributed by atoms with Crippen LogP contribution < -0.4 is 0 Å². The summed E-state index contributed by atoms with van der Waals surface area (Å²) >= 11 is 3.45. The summed E-state index contributed by atoms with van der Waals surface area (Å²) in [6, 6.07) is 8.39. The minimum Gasteiger partial charge on any atom is -0.359 e. The van der Waals surface area contributed by atoms with Crippen LogP contribution in [0.15, 0.2) is 28.7 Å². The molecule has 22 heavy (non-hydrogen) atoms. The number of halogens is 1. The van der Waals surface area contributed by atoms with Gasteiger partial charge in [0.1, 0.15) is 12.8 Å². The van der Waals surface area contributed by atoms with Crippen molar-refractivity contribution >= 4 is 21.8 Å². The van der Waals surface area contributed by atoms with E-state index in [9.17, 15) is 4.79 Å². The smallest absolute Gasteiger partial charge is 0.269 e. The van der Waals surface area contributed by atoms with Gasteiger partial charge in [0.2, 0.25) is 0 Å². The van der Waals surface area contributed by atoms with Gasteiger partial charge in [0.25, 0.3) is 5.91 Å². The molecule has 5 nitrogen and oxygen atoms in total. The number of methoxy groups -OCH3 is 1. The van der Waals surface area contributed by atoms with Crippen molar-refractivity contribution in [2.24, 2.45) is 0 Å². The minimum absolute atomic E-state index is 0.0266. The number of β-lactam (4-membered cyclic amide) rings is 1. The lowest BCUT2D eigenvalue weighted by Crippen LogP contribution is -2.66. The molecule has 120 valence electrons. The van der Waals surface area contributed by atoms with Crippen LogP contribution in [0.1, 0.15) is 31.4 Å². The Hall–Kier alpha value is -0.950. The molecule has 0 N–H and O–H groups in total. The number of nitrogens with zero attached hydrogens (tertiary/aromatic N) is 2. The van der Waals surface area contributed by atoms with Crippen molar-refractivity contribution in [1.29, 1.82) is 0 Å². The lowest BCUT2D eigenvalue weighted by Gasteiger charge is -2.51. The zero-order valence-corrected chi connectivity index (χ0v) is 14.5. The molecule has 1 aromatic carbocycles. The molecule has 1 amide bonds. The molecule has 0 radical (unpaired) electrons. The lowest BCUT2D eigenvalue weighted by molar-refractivity contribution is -0.225. The van der Waals surface area contributed by atoms with Gasteiger partial charge in [0.15, 0.2) is 6.10 Å². The Morgan fingerprint density at radius 3 is 2.64 bits per heavy atom. The molecule has 0 bridgehead atoms. The molecule has 3 atom stereocenters. The van der Waals surface area contributed by atoms with Crippen LogP contribution in [-0.4, -0.2) is 48.5 Å². The predicted molar refractivity (Wildman–Crippen MR) is 85.9 cm³/mol. The fraction of sp³-hybridized carbons (Fsp3) is 0.562. The van der Waals surface area contributed by atoms with Crippen molar-refractivity contribution in [3.63, 3.8) is 0 Å². The van der Waals surface area contributed by atoms with E-state index in [-0.39, 0.29) is 18.7 Å². The third kappa shape index (κ3) is 2.80. The van der Waals surface area contributed by atoms with Gasteiger partial charge in [-0.1, -0.05) is 28.1 Å². The van der Waals surface area contributed by atoms with Crippen LogP contribution in [0.4, 0.5) is 0 Å². The molecule has 2 aliphatic heterocycles. The van der Waals surface area contributed by atoms with Crippen LogP contribution in [0.5, 0.6) is 0 Å². The molecule has 2 heterocycles. The molecule has 0 aliphatic carbocycles. The fourth-order valence-corrected chi connectivity index (χ4v) is 3.52. The second kappa shape index (κ2) is 6.66. The van der Waals surface area contributed by atoms with Crippen molar-refractivity contribution in [2.75, 3.05) is 20.4 Å². The van der Waals surface area contributed by atoms with Gasteiger partial charge in [-0.15, -0.1) is 0 Å². The predicted octanol–water partition coefficient (Wildman–Crippen LogP) is 2.72. The Balaban J connectivity index is 1.84. The molecule has 0 saturated carbocycles. The van der Waals surface area contributed by atoms with Gasteiger partial charge >= 0.3 is 0 Å². The van der Waals surface area contributed by atoms with E-state index < -0.39 is 6.10 Å². The Morgan fingerprint density at radius 1 is 1.32 bits per heavy atom. The monoisotopic (exact) mass is 368 g/mol. The summed E-state index contributed by atoms with van der Waals surface area (Å²) in [4.78, 5) is 12.5. The van der Waals surface area contributed by atoms with Crippen molar-refractivity contribution in [3.8, 4) is 0 Å². The van der Waals surface area contributed by atoms with Gasteiger partial charge in [0.05, 0.1) is 0 Å². The molecule has 2 aliphatic rings. The van der Waals surface area contributed by atoms with Crippen molar-refractivity contribution < 1.29 is 14.3 Å². The number of hydrazine groups is 1. The molecule has 2 fully saturated rings. The van der Waals surface area contributed by atoms with Crippen LogP contribution in [0.2, 0.25) is 0 Å². The largest absolute Gasteiger partial charge is 0.359 e. The van der Waals surface area contributed by atoms with Crippen LogP contribution in [0.3, 0.4) is 0 Å². The van der Waals surface area contributed by atoms with Gasteiger partial charge in [-0.3, -0.25) is 9.80 Å². The Kier molecular flexibility index (Phi) is 4.82. The zero-order chi connectivity index (χ0) is 15.7. The highest BCUT2D eigenvalue weighted by Crippen LogP contribution is 2.41. The van der Waals surface area contributed by atoms with E-state index in [2.05, 4.69) is 27.9 Å². The van der Waals surface area contributed by atoms with Gasteiger partial charge in [0, 0.05) is 24.2 Å². The summed E-state index contributed by atoms with van der Waals surface area (Å²) in [5.41, 5.74) is 1.09. The maximum absolute atomic E-state index is 12.5. The summed E-state index contributed by atoms with van der Waals surface area (Å²) in [5.74, 6) is 0.0266. The molecule has 0 spiro atoms. The minimum atomic E-state index is -0.464. The first-order chi connectivity index (χ1) is 10.6. The van der Waals surface area contributed by atoms with Gasteiger partial charge in [-0.25, -0.2) is 5.01 Å². The van der Waals surface area contributed by atoms with Crippen LogP contribution in [0.25, 0.3) is 0 Å². The number of carbonyl (C=O) groups is 1. The van der Waals surface area contributed by atoms with Crippen LogP contribution >= 0.6 is 15.9 Å². The van der Waals surface area contributed by atoms with Crippen LogP contribution in [0, 0.1) is 0 Å². The number of hydrogen-bond acceptors (Lipinski definition) is 4. The molecule has 3 rings (SSSR count). The highest BCUT2D eigenvalue weighted by Gasteiger charge is 2.53. The van der Waals surface area contributed by atoms with Gasteiger partial charge in [-0.2, -0.15) is 0 Å². The molecule has 2 saturated heterocycles. The molecule has 3 unspecified atom stereocenters. The summed E-state index contributed by atoms with van der Waals surface area (Å²) < 4.78 is 11.6. The molecule has 1 aromatic rings. The average Bonchev–Trinajstić information content (AvgIpc) is 2.92. The van der Waals surface area contributed by atoms with E-state index >= 15 is 0 Å². The van der Waals surface area contributed by atoms with E-state index in [4.69, 9.17) is 9.47 Å². The number of hydrogen-bond donors (Lipinski definition) is 0. The number of benzene rings is 1. The van der Waals surface area contributed by atoms with Gasteiger partial charge < -0.3 is 9.47 Å². The summed E-state index contributed by atoms with van der Waals surface area (Å²) in [5, 5.41) is 4.06. The van der Waals surface area contributed by atoms with E-state index in [1.165, 1.54) is 0 Å². The first kappa shape index (κ1) is 15.9. The quantitative estimate of drug-likeness (QED) is 0.591. The van der Waals surface area contributed by atoms with Crippen LogP contribution in [-0.2, 0) is 14.3 Å². The maximum Gasteiger partial charge on any atom is 0.269 e. The highest BCUT2D eigenvalue weighted by molar-refractivity contribution is 9.10. The average molecular weight is 369 g/mol. The molecular weight excluding hydrogens is 348 g/mol. The normalized spacial score (nSPS) is 29.0. The number of ether oxygens (including phenoxy) is 2. The Morgan fingerprint density at radius 2 is 2.05 bits per heavy atom. The van der Waals surface area contributed by atoms with E-state index in [0.29, 0.717) is 6.04 Å². The molecule has 6 heteroatoms. The highest BCUT2D eigenvalue weighted by atomic mass is 79.9. The standard InChI is InChI=1S/C16H21BrN2O3/c1-11-4-3-9-18(11)19-14(12-5-7-13(17)8-6-12)15(16(19)20)22-10-21-2/h5-8,11,14-15H,3-4,9-10H2,1-2H3. The SMILES string of the molecule is COCOC1C(=O)N(N2CCCC2C)C1c1ccc(Br)cc1. The van der Waals surface area contributed by atoms with E-state index in [1.54, 1.807) is 7.11 Å². The first-order valence-corrected chi connectivity index (χ1v) is 8.38. The first-order valence-electron chi connectivity index (χ1n) is 7.59. The van der Waals surface area contributed by atoms with E-state index in [0.717, 1.165) is 29.4 Å². The molecule has 0 aromatic heterocycles. The van der Waals surface area contributed by atoms with Crippen molar-refractivity contribution in [2.45, 2.75) is 38.0 Å². The second-order valence-corrected chi connectivity index (χ2v) is 6.74. The fourth-order valence-electron chi connectivity index (χ4n) is 3.25. The number of amides is 1. The topological polar surface area (TPSA) is 42.0 Å².